The van der Waals surface area contributed by atoms with Gasteiger partial charge in [0.25, 0.3) is 0 Å². The van der Waals surface area contributed by atoms with E-state index in [0.717, 1.165) is 57.8 Å². The van der Waals surface area contributed by atoms with Crippen LogP contribution < -0.4 is 0 Å². The zero-order valence-corrected chi connectivity index (χ0v) is 28.8. The summed E-state index contributed by atoms with van der Waals surface area (Å²) in [6, 6.07) is 18.8. The molecule has 0 N–H and O–H groups in total. The molecule has 2 aromatic rings. The van der Waals surface area contributed by atoms with Crippen LogP contribution in [0.25, 0.3) is 0 Å². The van der Waals surface area contributed by atoms with Crippen LogP contribution in [0.2, 0.25) is 0 Å². The number of esters is 2. The van der Waals surface area contributed by atoms with Gasteiger partial charge in [-0.2, -0.15) is 0 Å². The molecule has 12 atom stereocenters. The molecule has 0 aromatic heterocycles. The highest BCUT2D eigenvalue weighted by molar-refractivity contribution is 5.90. The Hall–Kier alpha value is -2.70. The van der Waals surface area contributed by atoms with E-state index in [1.54, 1.807) is 0 Å². The summed E-state index contributed by atoms with van der Waals surface area (Å²) in [5.74, 6) is 1.39. The van der Waals surface area contributed by atoms with E-state index in [-0.39, 0.29) is 58.5 Å². The maximum absolute atomic E-state index is 13.8. The summed E-state index contributed by atoms with van der Waals surface area (Å²) in [4.78, 5) is 26.8. The van der Waals surface area contributed by atoms with Gasteiger partial charge >= 0.3 is 11.9 Å². The number of ether oxygens (including phenoxy) is 4. The minimum Gasteiger partial charge on any atom is -0.459 e. The quantitative estimate of drug-likeness (QED) is 0.312. The first kappa shape index (κ1) is 31.6. The Morgan fingerprint density at radius 1 is 0.745 bits per heavy atom. The predicted octanol–water partition coefficient (Wildman–Crippen LogP) is 8.64. The summed E-state index contributed by atoms with van der Waals surface area (Å²) in [7, 11) is 0. The van der Waals surface area contributed by atoms with Crippen molar-refractivity contribution in [2.45, 2.75) is 122 Å². The zero-order chi connectivity index (χ0) is 32.8. The SMILES string of the molecule is C[C@H]1[C@H]2[C@H](C[C@H]3[C@@H]4CC[C@H]5C[C@H](OC(=O)c6ccccc6)CC[C@]5(C)[C@H]4[C@@H](OC(=O)c4ccccc4)C[C@]23C)O[C@]12CCC(C)(C)O2. The van der Waals surface area contributed by atoms with Crippen LogP contribution in [-0.4, -0.2) is 41.6 Å². The number of benzene rings is 2. The Bertz CT molecular complexity index is 1510. The molecule has 2 heterocycles. The second kappa shape index (κ2) is 11.2. The highest BCUT2D eigenvalue weighted by atomic mass is 16.7. The van der Waals surface area contributed by atoms with Gasteiger partial charge in [0, 0.05) is 18.3 Å². The Balaban J connectivity index is 1.08. The maximum Gasteiger partial charge on any atom is 0.338 e. The molecule has 2 aliphatic heterocycles. The third-order valence-electron chi connectivity index (χ3n) is 14.3. The lowest BCUT2D eigenvalue weighted by Gasteiger charge is -2.63. The summed E-state index contributed by atoms with van der Waals surface area (Å²) in [6.45, 7) is 11.7. The Labute approximate surface area is 280 Å². The van der Waals surface area contributed by atoms with E-state index in [1.807, 2.05) is 60.7 Å². The van der Waals surface area contributed by atoms with Crippen LogP contribution in [-0.2, 0) is 18.9 Å². The first-order valence-electron chi connectivity index (χ1n) is 18.3. The molecular formula is C41H52O6. The van der Waals surface area contributed by atoms with Gasteiger partial charge in [-0.1, -0.05) is 57.2 Å². The third-order valence-corrected chi connectivity index (χ3v) is 14.3. The average molecular weight is 641 g/mol. The fourth-order valence-corrected chi connectivity index (χ4v) is 12.2. The van der Waals surface area contributed by atoms with E-state index in [1.165, 1.54) is 0 Å². The molecule has 0 unspecified atom stereocenters. The van der Waals surface area contributed by atoms with Crippen LogP contribution in [0.1, 0.15) is 113 Å². The van der Waals surface area contributed by atoms with Gasteiger partial charge in [0.05, 0.1) is 22.8 Å². The van der Waals surface area contributed by atoms with Crippen molar-refractivity contribution in [3.63, 3.8) is 0 Å². The topological polar surface area (TPSA) is 71.1 Å². The van der Waals surface area contributed by atoms with Crippen molar-refractivity contribution < 1.29 is 28.5 Å². The normalized spacial score (nSPS) is 44.6. The van der Waals surface area contributed by atoms with Crippen molar-refractivity contribution in [2.75, 3.05) is 0 Å². The summed E-state index contributed by atoms with van der Waals surface area (Å²) in [6.07, 6.45) is 8.74. The summed E-state index contributed by atoms with van der Waals surface area (Å²) >= 11 is 0. The summed E-state index contributed by atoms with van der Waals surface area (Å²) < 4.78 is 26.6. The Morgan fingerprint density at radius 2 is 1.40 bits per heavy atom. The second-order valence-corrected chi connectivity index (χ2v) is 17.1. The van der Waals surface area contributed by atoms with Gasteiger partial charge in [-0.3, -0.25) is 0 Å². The molecule has 4 aliphatic carbocycles. The van der Waals surface area contributed by atoms with Crippen molar-refractivity contribution in [3.05, 3.63) is 71.8 Å². The average Bonchev–Trinajstić information content (AvgIpc) is 3.63. The van der Waals surface area contributed by atoms with Crippen LogP contribution in [0.15, 0.2) is 60.7 Å². The zero-order valence-electron chi connectivity index (χ0n) is 28.8. The van der Waals surface area contributed by atoms with Crippen molar-refractivity contribution in [2.24, 2.45) is 46.3 Å². The van der Waals surface area contributed by atoms with Gasteiger partial charge in [0.2, 0.25) is 0 Å². The minimum atomic E-state index is -0.501. The molecule has 4 saturated carbocycles. The number of carbonyl (C=O) groups is 2. The molecule has 6 heteroatoms. The monoisotopic (exact) mass is 640 g/mol. The molecule has 6 aliphatic rings. The third kappa shape index (κ3) is 5.02. The molecule has 2 saturated heterocycles. The fourth-order valence-electron chi connectivity index (χ4n) is 12.2. The van der Waals surface area contributed by atoms with E-state index in [4.69, 9.17) is 18.9 Å². The summed E-state index contributed by atoms with van der Waals surface area (Å²) in [5, 5.41) is 0. The van der Waals surface area contributed by atoms with Crippen molar-refractivity contribution in [3.8, 4) is 0 Å². The number of fused-ring (bicyclic) bond motifs is 7. The first-order chi connectivity index (χ1) is 22.4. The molecule has 6 fully saturated rings. The smallest absolute Gasteiger partial charge is 0.338 e. The lowest BCUT2D eigenvalue weighted by atomic mass is 9.43. The highest BCUT2D eigenvalue weighted by Gasteiger charge is 2.72. The lowest BCUT2D eigenvalue weighted by Crippen LogP contribution is -2.60. The van der Waals surface area contributed by atoms with Crippen molar-refractivity contribution >= 4 is 11.9 Å². The van der Waals surface area contributed by atoms with Crippen LogP contribution in [0, 0.1) is 46.3 Å². The number of hydrogen-bond donors (Lipinski definition) is 0. The summed E-state index contributed by atoms with van der Waals surface area (Å²) in [5.41, 5.74) is 1.07. The Kier molecular flexibility index (Phi) is 7.50. The van der Waals surface area contributed by atoms with Crippen LogP contribution in [0.5, 0.6) is 0 Å². The number of carbonyl (C=O) groups excluding carboxylic acids is 2. The molecule has 0 amide bonds. The van der Waals surface area contributed by atoms with Gasteiger partial charge < -0.3 is 18.9 Å². The van der Waals surface area contributed by atoms with Crippen molar-refractivity contribution in [1.82, 2.24) is 0 Å². The van der Waals surface area contributed by atoms with Gasteiger partial charge in [0.1, 0.15) is 12.2 Å². The Morgan fingerprint density at radius 3 is 2.04 bits per heavy atom. The molecular weight excluding hydrogens is 588 g/mol. The standard InChI is InChI=1S/C41H52O6/c1-25-34-32(46-41(25)21-20-38(2,3)47-41)23-31-30-17-16-28-22-29(44-36(42)26-12-8-6-9-13-26)18-19-39(28,4)35(30)33(24-40(31,34)5)45-37(43)27-14-10-7-11-15-27/h6-15,25,28-35H,16-24H2,1-5H3/t25-,28-,29+,30-,31-,32-,33-,34-,35+,39-,40-,41-/m0/s1. The molecule has 2 aromatic carbocycles. The largest absolute Gasteiger partial charge is 0.459 e. The van der Waals surface area contributed by atoms with Gasteiger partial charge in [-0.15, -0.1) is 0 Å². The van der Waals surface area contributed by atoms with E-state index in [0.29, 0.717) is 34.8 Å². The molecule has 6 nitrogen and oxygen atoms in total. The number of rotatable bonds is 4. The first-order valence-corrected chi connectivity index (χ1v) is 18.3. The minimum absolute atomic E-state index is 0.00189. The van der Waals surface area contributed by atoms with Gasteiger partial charge in [-0.05, 0) is 124 Å². The van der Waals surface area contributed by atoms with Crippen molar-refractivity contribution in [1.29, 1.82) is 0 Å². The maximum atomic E-state index is 13.8. The molecule has 1 spiro atoms. The molecule has 0 radical (unpaired) electrons. The lowest BCUT2D eigenvalue weighted by molar-refractivity contribution is -0.256. The van der Waals surface area contributed by atoms with Gasteiger partial charge in [0.15, 0.2) is 5.79 Å². The van der Waals surface area contributed by atoms with E-state index < -0.39 is 5.79 Å². The van der Waals surface area contributed by atoms with Crippen LogP contribution in [0.3, 0.4) is 0 Å². The molecule has 252 valence electrons. The number of hydrogen-bond acceptors (Lipinski definition) is 6. The van der Waals surface area contributed by atoms with E-state index >= 15 is 0 Å². The van der Waals surface area contributed by atoms with E-state index in [9.17, 15) is 9.59 Å². The molecule has 8 rings (SSSR count). The van der Waals surface area contributed by atoms with Crippen LogP contribution >= 0.6 is 0 Å². The van der Waals surface area contributed by atoms with Crippen LogP contribution in [0.4, 0.5) is 0 Å². The van der Waals surface area contributed by atoms with Gasteiger partial charge in [-0.25, -0.2) is 9.59 Å². The molecule has 0 bridgehead atoms. The predicted molar refractivity (Wildman–Crippen MR) is 178 cm³/mol. The second-order valence-electron chi connectivity index (χ2n) is 17.1. The molecule has 47 heavy (non-hydrogen) atoms. The highest BCUT2D eigenvalue weighted by Crippen LogP contribution is 2.72. The van der Waals surface area contributed by atoms with E-state index in [2.05, 4.69) is 34.6 Å². The fraction of sp³-hybridized carbons (Fsp3) is 0.659.